The minimum absolute atomic E-state index is 0.138. The maximum atomic E-state index is 10.2. The molecule has 0 heterocycles. The van der Waals surface area contributed by atoms with Gasteiger partial charge in [-0.2, -0.15) is 0 Å². The molecule has 0 aromatic carbocycles. The molecule has 0 unspecified atom stereocenters. The quantitative estimate of drug-likeness (QED) is 0.535. The topological polar surface area (TPSA) is 29.5 Å². The molecule has 0 spiro atoms. The average molecular weight is 367 g/mol. The highest BCUT2D eigenvalue weighted by atomic mass is 28.4. The first-order valence-corrected chi connectivity index (χ1v) is 14.7. The first-order chi connectivity index (χ1) is 10.7. The third kappa shape index (κ3) is 7.15. The lowest BCUT2D eigenvalue weighted by Crippen LogP contribution is -2.47. The van der Waals surface area contributed by atoms with Crippen LogP contribution in [0.3, 0.4) is 0 Å². The van der Waals surface area contributed by atoms with Crippen molar-refractivity contribution in [1.29, 1.82) is 0 Å². The summed E-state index contributed by atoms with van der Waals surface area (Å²) in [6.45, 7) is 21.7. The summed E-state index contributed by atoms with van der Waals surface area (Å²) in [5, 5.41) is 10.3. The van der Waals surface area contributed by atoms with Crippen LogP contribution >= 0.6 is 0 Å². The number of aliphatic hydroxyl groups excluding tert-OH is 1. The van der Waals surface area contributed by atoms with Crippen molar-refractivity contribution in [1.82, 2.24) is 0 Å². The van der Waals surface area contributed by atoms with Crippen LogP contribution in [0.5, 0.6) is 0 Å². The molecule has 0 aliphatic rings. The van der Waals surface area contributed by atoms with Crippen LogP contribution in [-0.2, 0) is 4.43 Å². The molecule has 0 aliphatic carbocycles. The van der Waals surface area contributed by atoms with Crippen molar-refractivity contribution in [2.75, 3.05) is 0 Å². The second-order valence-electron chi connectivity index (χ2n) is 8.65. The molecule has 1 N–H and O–H groups in total. The molecule has 4 heteroatoms. The van der Waals surface area contributed by atoms with Crippen molar-refractivity contribution in [3.8, 4) is 23.3 Å². The summed E-state index contributed by atoms with van der Waals surface area (Å²) in [7, 11) is -3.42. The maximum Gasteiger partial charge on any atom is 0.194 e. The lowest BCUT2D eigenvalue weighted by atomic mass is 10.1. The molecule has 0 rings (SSSR count). The van der Waals surface area contributed by atoms with Crippen molar-refractivity contribution >= 4 is 16.4 Å². The van der Waals surface area contributed by atoms with Gasteiger partial charge in [0.1, 0.15) is 13.7 Å². The highest BCUT2D eigenvalue weighted by molar-refractivity contribution is 6.87. The van der Waals surface area contributed by atoms with Gasteiger partial charge in [0.05, 0.1) is 0 Å². The van der Waals surface area contributed by atoms with Gasteiger partial charge in [0, 0.05) is 0 Å². The van der Waals surface area contributed by atoms with Crippen molar-refractivity contribution in [3.63, 3.8) is 0 Å². The minimum atomic E-state index is -1.89. The molecule has 2 nitrogen and oxygen atoms in total. The number of aliphatic hydroxyl groups is 1. The highest BCUT2D eigenvalue weighted by Gasteiger charge is 2.41. The minimum Gasteiger partial charge on any atom is -0.401 e. The van der Waals surface area contributed by atoms with E-state index in [1.807, 2.05) is 13.8 Å². The lowest BCUT2D eigenvalue weighted by Gasteiger charge is -2.40. The fourth-order valence-corrected chi connectivity index (χ4v) is 6.44. The van der Waals surface area contributed by atoms with Gasteiger partial charge in [-0.1, -0.05) is 59.3 Å². The van der Waals surface area contributed by atoms with E-state index in [1.165, 1.54) is 0 Å². The van der Waals surface area contributed by atoms with Crippen molar-refractivity contribution < 1.29 is 9.53 Å². The van der Waals surface area contributed by atoms with Crippen molar-refractivity contribution in [2.24, 2.45) is 0 Å². The standard InChI is InChI=1S/C20H38O2Si2/c1-11-24(12-2,13-3)17-15-18(21)14-16-20(7,8)22-23(9,10)19(4,5)6/h18,21H,11-13H2,1-10H3/t18-/m1/s1. The summed E-state index contributed by atoms with van der Waals surface area (Å²) in [6.07, 6.45) is -0.885. The Hall–Kier alpha value is -0.526. The van der Waals surface area contributed by atoms with Crippen LogP contribution in [0.25, 0.3) is 0 Å². The molecule has 0 saturated heterocycles. The fraction of sp³-hybridized carbons (Fsp3) is 0.800. The van der Waals surface area contributed by atoms with Crippen LogP contribution in [0.2, 0.25) is 36.3 Å². The first-order valence-electron chi connectivity index (χ1n) is 9.18. The Labute approximate surface area is 152 Å². The van der Waals surface area contributed by atoms with E-state index in [0.29, 0.717) is 0 Å². The Kier molecular flexibility index (Phi) is 8.53. The molecule has 24 heavy (non-hydrogen) atoms. The van der Waals surface area contributed by atoms with Crippen LogP contribution < -0.4 is 0 Å². The van der Waals surface area contributed by atoms with Gasteiger partial charge in [-0.05, 0) is 50.1 Å². The molecular formula is C20H38O2Si2. The van der Waals surface area contributed by atoms with E-state index in [-0.39, 0.29) is 5.04 Å². The lowest BCUT2D eigenvalue weighted by molar-refractivity contribution is 0.151. The second-order valence-corrected chi connectivity index (χ2v) is 18.3. The Balaban J connectivity index is 5.17. The normalized spacial score (nSPS) is 14.3. The molecule has 1 atom stereocenters. The maximum absolute atomic E-state index is 10.2. The first kappa shape index (κ1) is 23.5. The van der Waals surface area contributed by atoms with E-state index >= 15 is 0 Å². The zero-order valence-electron chi connectivity index (χ0n) is 17.6. The van der Waals surface area contributed by atoms with Gasteiger partial charge in [-0.3, -0.25) is 0 Å². The zero-order valence-corrected chi connectivity index (χ0v) is 19.6. The number of hydrogen-bond donors (Lipinski definition) is 1. The summed E-state index contributed by atoms with van der Waals surface area (Å²) in [6, 6.07) is 3.40. The predicted octanol–water partition coefficient (Wildman–Crippen LogP) is 5.20. The Morgan fingerprint density at radius 3 is 1.75 bits per heavy atom. The Bertz CT molecular complexity index is 510. The molecule has 0 saturated carbocycles. The van der Waals surface area contributed by atoms with Gasteiger partial charge in [0.2, 0.25) is 0 Å². The number of hydrogen-bond acceptors (Lipinski definition) is 2. The van der Waals surface area contributed by atoms with Crippen molar-refractivity contribution in [2.45, 2.75) is 103 Å². The smallest absolute Gasteiger partial charge is 0.194 e. The van der Waals surface area contributed by atoms with Crippen LogP contribution in [0.4, 0.5) is 0 Å². The third-order valence-corrected chi connectivity index (χ3v) is 14.7. The van der Waals surface area contributed by atoms with Gasteiger partial charge < -0.3 is 9.53 Å². The Morgan fingerprint density at radius 2 is 1.38 bits per heavy atom. The van der Waals surface area contributed by atoms with E-state index in [9.17, 15) is 5.11 Å². The van der Waals surface area contributed by atoms with E-state index < -0.39 is 28.1 Å². The Morgan fingerprint density at radius 1 is 0.917 bits per heavy atom. The molecule has 0 aliphatic heterocycles. The monoisotopic (exact) mass is 366 g/mol. The molecule has 0 amide bonds. The van der Waals surface area contributed by atoms with Gasteiger partial charge in [0.25, 0.3) is 0 Å². The fourth-order valence-electron chi connectivity index (χ4n) is 2.33. The van der Waals surface area contributed by atoms with Crippen molar-refractivity contribution in [3.05, 3.63) is 0 Å². The van der Waals surface area contributed by atoms with Crippen LogP contribution in [0.1, 0.15) is 55.4 Å². The largest absolute Gasteiger partial charge is 0.401 e. The summed E-state index contributed by atoms with van der Waals surface area (Å²) in [5.74, 6) is 8.99. The van der Waals surface area contributed by atoms with Crippen LogP contribution in [0.15, 0.2) is 0 Å². The van der Waals surface area contributed by atoms with Gasteiger partial charge in [-0.15, -0.1) is 5.54 Å². The molecule has 0 radical (unpaired) electrons. The van der Waals surface area contributed by atoms with E-state index in [1.54, 1.807) is 0 Å². The average Bonchev–Trinajstić information content (AvgIpc) is 2.45. The molecular weight excluding hydrogens is 328 g/mol. The van der Waals surface area contributed by atoms with Crippen LogP contribution in [-0.4, -0.2) is 33.2 Å². The van der Waals surface area contributed by atoms with Gasteiger partial charge in [0.15, 0.2) is 14.4 Å². The van der Waals surface area contributed by atoms with Crippen LogP contribution in [0, 0.1) is 23.3 Å². The van der Waals surface area contributed by atoms with E-state index in [4.69, 9.17) is 4.43 Å². The van der Waals surface area contributed by atoms with E-state index in [0.717, 1.165) is 18.1 Å². The second kappa shape index (κ2) is 8.72. The van der Waals surface area contributed by atoms with E-state index in [2.05, 4.69) is 77.9 Å². The predicted molar refractivity (Wildman–Crippen MR) is 111 cm³/mol. The molecule has 0 aromatic heterocycles. The third-order valence-electron chi connectivity index (χ3n) is 5.33. The summed E-state index contributed by atoms with van der Waals surface area (Å²) < 4.78 is 6.36. The molecule has 0 aromatic rings. The van der Waals surface area contributed by atoms with Gasteiger partial charge in [-0.25, -0.2) is 0 Å². The number of rotatable bonds is 5. The zero-order chi connectivity index (χ0) is 19.2. The SMILES string of the molecule is CC[Si](C#C[C@H](O)C#CC(C)(C)O[Si](C)(C)C(C)(C)C)(CC)CC. The van der Waals surface area contributed by atoms with Gasteiger partial charge >= 0.3 is 0 Å². The summed E-state index contributed by atoms with van der Waals surface area (Å²) >= 11 is 0. The molecule has 138 valence electrons. The molecule has 0 bridgehead atoms. The summed E-state index contributed by atoms with van der Waals surface area (Å²) in [5.41, 5.74) is 2.83. The highest BCUT2D eigenvalue weighted by Crippen LogP contribution is 2.38. The molecule has 0 fully saturated rings. The summed E-state index contributed by atoms with van der Waals surface area (Å²) in [4.78, 5) is 0.